The lowest BCUT2D eigenvalue weighted by Crippen LogP contribution is -2.51. The maximum atomic E-state index is 12.8. The first-order valence-corrected chi connectivity index (χ1v) is 10.9. The van der Waals surface area contributed by atoms with Crippen molar-refractivity contribution in [1.29, 1.82) is 0 Å². The van der Waals surface area contributed by atoms with E-state index in [1.807, 2.05) is 0 Å². The van der Waals surface area contributed by atoms with Crippen molar-refractivity contribution in [3.05, 3.63) is 18.2 Å². The first kappa shape index (κ1) is 15.9. The van der Waals surface area contributed by atoms with Crippen LogP contribution >= 0.6 is 0 Å². The van der Waals surface area contributed by atoms with Gasteiger partial charge in [-0.25, -0.2) is 13.1 Å². The van der Waals surface area contributed by atoms with Crippen molar-refractivity contribution in [2.45, 2.75) is 43.4 Å². The largest absolute Gasteiger partial charge is 0.486 e. The van der Waals surface area contributed by atoms with Gasteiger partial charge < -0.3 is 9.47 Å². The van der Waals surface area contributed by atoms with Crippen molar-refractivity contribution in [2.24, 2.45) is 23.2 Å². The first-order chi connectivity index (χ1) is 12.0. The lowest BCUT2D eigenvalue weighted by Gasteiger charge is -2.56. The summed E-state index contributed by atoms with van der Waals surface area (Å²) in [6.45, 7) is 1.54. The molecule has 1 aromatic carbocycles. The molecular formula is C19H25NO4S. The van der Waals surface area contributed by atoms with Gasteiger partial charge in [-0.3, -0.25) is 0 Å². The lowest BCUT2D eigenvalue weighted by molar-refractivity contribution is -0.0487. The monoisotopic (exact) mass is 363 g/mol. The summed E-state index contributed by atoms with van der Waals surface area (Å²) >= 11 is 0. The van der Waals surface area contributed by atoms with E-state index in [4.69, 9.17) is 9.47 Å². The molecule has 5 nitrogen and oxygen atoms in total. The number of sulfonamides is 1. The van der Waals surface area contributed by atoms with Crippen LogP contribution in [0.3, 0.4) is 0 Å². The maximum absolute atomic E-state index is 12.8. The molecule has 4 fully saturated rings. The van der Waals surface area contributed by atoms with Crippen LogP contribution in [0.1, 0.15) is 38.5 Å². The number of fused-ring (bicyclic) bond motifs is 1. The maximum Gasteiger partial charge on any atom is 0.240 e. The summed E-state index contributed by atoms with van der Waals surface area (Å²) in [4.78, 5) is 0.265. The van der Waals surface area contributed by atoms with Crippen molar-refractivity contribution >= 4 is 10.0 Å². The van der Waals surface area contributed by atoms with Gasteiger partial charge in [0.2, 0.25) is 10.0 Å². The summed E-state index contributed by atoms with van der Waals surface area (Å²) in [5.74, 6) is 3.61. The summed E-state index contributed by atoms with van der Waals surface area (Å²) in [6, 6.07) is 4.87. The first-order valence-electron chi connectivity index (χ1n) is 9.41. The van der Waals surface area contributed by atoms with Gasteiger partial charge in [0.15, 0.2) is 11.5 Å². The minimum absolute atomic E-state index is 0.190. The van der Waals surface area contributed by atoms with Crippen molar-refractivity contribution < 1.29 is 17.9 Å². The molecule has 4 saturated carbocycles. The third-order valence-corrected chi connectivity index (χ3v) is 8.03. The molecule has 0 spiro atoms. The van der Waals surface area contributed by atoms with Crippen molar-refractivity contribution in [2.75, 3.05) is 19.8 Å². The van der Waals surface area contributed by atoms with Gasteiger partial charge in [0.1, 0.15) is 13.2 Å². The summed E-state index contributed by atoms with van der Waals surface area (Å²) in [5.41, 5.74) is 0.190. The predicted molar refractivity (Wildman–Crippen MR) is 93.2 cm³/mol. The van der Waals surface area contributed by atoms with Crippen LogP contribution in [0.4, 0.5) is 0 Å². The average molecular weight is 363 g/mol. The molecule has 4 aliphatic carbocycles. The molecule has 0 saturated heterocycles. The normalized spacial score (nSPS) is 35.8. The zero-order chi connectivity index (χ0) is 17.1. The van der Waals surface area contributed by atoms with E-state index in [1.54, 1.807) is 18.2 Å². The molecule has 0 radical (unpaired) electrons. The Morgan fingerprint density at radius 1 is 0.960 bits per heavy atom. The van der Waals surface area contributed by atoms with Gasteiger partial charge >= 0.3 is 0 Å². The fraction of sp³-hybridized carbons (Fsp3) is 0.684. The number of hydrogen-bond donors (Lipinski definition) is 1. The second kappa shape index (κ2) is 5.61. The third kappa shape index (κ3) is 2.83. The van der Waals surface area contributed by atoms with Crippen molar-refractivity contribution in [1.82, 2.24) is 4.72 Å². The third-order valence-electron chi connectivity index (χ3n) is 6.63. The molecule has 136 valence electrons. The highest BCUT2D eigenvalue weighted by Gasteiger charge is 2.50. The van der Waals surface area contributed by atoms with Gasteiger partial charge in [0.05, 0.1) is 4.90 Å². The standard InChI is InChI=1S/C19H25NO4S/c21-25(22,16-1-2-17-18(8-16)24-4-3-23-17)20-12-19-9-13-5-14(10-19)7-15(6-13)11-19/h1-2,8,13-15,20H,3-7,9-12H2. The lowest BCUT2D eigenvalue weighted by atomic mass is 9.50. The number of benzene rings is 1. The Labute approximate surface area is 149 Å². The second-order valence-corrected chi connectivity index (χ2v) is 10.3. The van der Waals surface area contributed by atoms with E-state index < -0.39 is 10.0 Å². The summed E-state index contributed by atoms with van der Waals surface area (Å²) < 4.78 is 39.5. The zero-order valence-electron chi connectivity index (χ0n) is 14.4. The molecule has 1 aliphatic heterocycles. The minimum Gasteiger partial charge on any atom is -0.486 e. The summed E-state index contributed by atoms with van der Waals surface area (Å²) in [5, 5.41) is 0. The van der Waals surface area contributed by atoms with Crippen molar-refractivity contribution in [3.8, 4) is 11.5 Å². The fourth-order valence-corrected chi connectivity index (χ4v) is 7.20. The van der Waals surface area contributed by atoms with E-state index in [9.17, 15) is 8.42 Å². The van der Waals surface area contributed by atoms with E-state index in [0.717, 1.165) is 17.8 Å². The quantitative estimate of drug-likeness (QED) is 0.893. The van der Waals surface area contributed by atoms with Crippen LogP contribution in [-0.4, -0.2) is 28.2 Å². The van der Waals surface area contributed by atoms with Gasteiger partial charge in [0.25, 0.3) is 0 Å². The number of rotatable bonds is 4. The van der Waals surface area contributed by atoms with Gasteiger partial charge in [-0.1, -0.05) is 0 Å². The van der Waals surface area contributed by atoms with Gasteiger partial charge in [-0.2, -0.15) is 0 Å². The highest BCUT2D eigenvalue weighted by molar-refractivity contribution is 7.89. The van der Waals surface area contributed by atoms with E-state index >= 15 is 0 Å². The molecule has 0 aromatic heterocycles. The predicted octanol–water partition coefficient (Wildman–Crippen LogP) is 2.95. The van der Waals surface area contributed by atoms with Gasteiger partial charge in [-0.15, -0.1) is 0 Å². The second-order valence-electron chi connectivity index (χ2n) is 8.55. The van der Waals surface area contributed by atoms with Gasteiger partial charge in [-0.05, 0) is 73.8 Å². The highest BCUT2D eigenvalue weighted by Crippen LogP contribution is 2.59. The molecule has 1 heterocycles. The highest BCUT2D eigenvalue weighted by atomic mass is 32.2. The van der Waals surface area contributed by atoms with Crippen LogP contribution in [0, 0.1) is 23.2 Å². The smallest absolute Gasteiger partial charge is 0.240 e. The molecule has 5 aliphatic rings. The average Bonchev–Trinajstić information content (AvgIpc) is 2.59. The number of hydrogen-bond acceptors (Lipinski definition) is 4. The molecule has 1 aromatic rings. The van der Waals surface area contributed by atoms with E-state index in [-0.39, 0.29) is 10.3 Å². The molecule has 0 unspecified atom stereocenters. The molecule has 25 heavy (non-hydrogen) atoms. The molecule has 1 N–H and O–H groups in total. The van der Waals surface area contributed by atoms with Crippen LogP contribution < -0.4 is 14.2 Å². The molecular weight excluding hydrogens is 338 g/mol. The van der Waals surface area contributed by atoms with Crippen LogP contribution in [-0.2, 0) is 10.0 Å². The molecule has 4 bridgehead atoms. The van der Waals surface area contributed by atoms with Crippen LogP contribution in [0.25, 0.3) is 0 Å². The molecule has 0 amide bonds. The fourth-order valence-electron chi connectivity index (χ4n) is 6.03. The van der Waals surface area contributed by atoms with Crippen LogP contribution in [0.2, 0.25) is 0 Å². The Balaban J connectivity index is 1.33. The van der Waals surface area contributed by atoms with E-state index in [1.165, 1.54) is 38.5 Å². The molecule has 6 heteroatoms. The molecule has 6 rings (SSSR count). The van der Waals surface area contributed by atoms with Crippen LogP contribution in [0.15, 0.2) is 23.1 Å². The van der Waals surface area contributed by atoms with E-state index in [2.05, 4.69) is 4.72 Å². The Bertz CT molecular complexity index is 753. The SMILES string of the molecule is O=S(=O)(NCC12CC3CC(CC(C3)C1)C2)c1ccc2c(c1)OCCO2. The Morgan fingerprint density at radius 2 is 1.56 bits per heavy atom. The number of ether oxygens (including phenoxy) is 2. The van der Waals surface area contributed by atoms with Crippen molar-refractivity contribution in [3.63, 3.8) is 0 Å². The Hall–Kier alpha value is -1.27. The molecule has 0 atom stereocenters. The number of nitrogens with one attached hydrogen (secondary N) is 1. The van der Waals surface area contributed by atoms with Crippen LogP contribution in [0.5, 0.6) is 11.5 Å². The minimum atomic E-state index is -3.52. The summed E-state index contributed by atoms with van der Waals surface area (Å²) in [6.07, 6.45) is 7.70. The van der Waals surface area contributed by atoms with Gasteiger partial charge in [0, 0.05) is 12.6 Å². The topological polar surface area (TPSA) is 64.6 Å². The zero-order valence-corrected chi connectivity index (χ0v) is 15.2. The summed E-state index contributed by atoms with van der Waals surface area (Å²) in [7, 11) is -3.52. The Kier molecular flexibility index (Phi) is 3.58. The van der Waals surface area contributed by atoms with E-state index in [0.29, 0.717) is 31.3 Å². The Morgan fingerprint density at radius 3 is 2.20 bits per heavy atom.